The first kappa shape index (κ1) is 29.7. The summed E-state index contributed by atoms with van der Waals surface area (Å²) in [5, 5.41) is 9.58. The maximum atomic E-state index is 13.5. The summed E-state index contributed by atoms with van der Waals surface area (Å²) in [6, 6.07) is 45.6. The van der Waals surface area contributed by atoms with Gasteiger partial charge in [0.15, 0.2) is 11.6 Å². The normalized spacial score (nSPS) is 14.3. The molecule has 0 radical (unpaired) electrons. The Morgan fingerprint density at radius 3 is 1.90 bits per heavy atom. The van der Waals surface area contributed by atoms with Crippen LogP contribution in [0.3, 0.4) is 0 Å². The summed E-state index contributed by atoms with van der Waals surface area (Å²) in [6.07, 6.45) is 0. The van der Waals surface area contributed by atoms with Gasteiger partial charge < -0.3 is 19.9 Å². The molecule has 0 bridgehead atoms. The molecule has 1 aliphatic heterocycles. The topological polar surface area (TPSA) is 88.1 Å². The molecule has 48 heavy (non-hydrogen) atoms. The summed E-state index contributed by atoms with van der Waals surface area (Å²) in [5.41, 5.74) is 5.86. The molecular weight excluding hydrogens is 596 g/mol. The summed E-state index contributed by atoms with van der Waals surface area (Å²) < 4.78 is 7.91. The first-order valence-corrected chi connectivity index (χ1v) is 16.4. The molecule has 1 saturated heterocycles. The van der Waals surface area contributed by atoms with Crippen LogP contribution < -0.4 is 10.2 Å². The quantitative estimate of drug-likeness (QED) is 0.175. The number of nitrogens with one attached hydrogen (secondary N) is 2. The Bertz CT molecular complexity index is 2080. The van der Waals surface area contributed by atoms with Crippen molar-refractivity contribution in [3.63, 3.8) is 0 Å². The summed E-state index contributed by atoms with van der Waals surface area (Å²) >= 11 is 0. The van der Waals surface area contributed by atoms with Crippen LogP contribution in [-0.2, 0) is 10.3 Å². The molecule has 8 heteroatoms. The summed E-state index contributed by atoms with van der Waals surface area (Å²) in [7, 11) is 0. The van der Waals surface area contributed by atoms with Crippen molar-refractivity contribution in [2.24, 2.45) is 0 Å². The van der Waals surface area contributed by atoms with E-state index in [0.29, 0.717) is 18.7 Å². The Morgan fingerprint density at radius 2 is 1.33 bits per heavy atom. The van der Waals surface area contributed by atoms with Gasteiger partial charge in [-0.05, 0) is 41.3 Å². The van der Waals surface area contributed by atoms with Crippen molar-refractivity contribution >= 4 is 33.7 Å². The number of morpholine rings is 1. The van der Waals surface area contributed by atoms with Crippen molar-refractivity contribution in [3.05, 3.63) is 162 Å². The van der Waals surface area contributed by atoms with E-state index in [1.807, 2.05) is 55.5 Å². The van der Waals surface area contributed by atoms with Crippen LogP contribution in [0.25, 0.3) is 21.9 Å². The number of carbonyl (C=O) groups excluding carboxylic acids is 1. The van der Waals surface area contributed by atoms with Gasteiger partial charge in [0.05, 0.1) is 35.8 Å². The van der Waals surface area contributed by atoms with Gasteiger partial charge in [-0.15, -0.1) is 0 Å². The number of anilines is 1. The van der Waals surface area contributed by atoms with Crippen LogP contribution in [-0.4, -0.2) is 52.0 Å². The van der Waals surface area contributed by atoms with Crippen LogP contribution in [0.1, 0.15) is 45.8 Å². The van der Waals surface area contributed by atoms with Crippen LogP contribution in [0.2, 0.25) is 0 Å². The Labute approximate surface area is 279 Å². The molecule has 1 aliphatic rings. The Hall–Kier alpha value is -5.73. The fraction of sp³-hybridized carbons (Fsp3) is 0.175. The van der Waals surface area contributed by atoms with Gasteiger partial charge in [0, 0.05) is 18.5 Å². The first-order valence-electron chi connectivity index (χ1n) is 16.4. The number of hydrogen-bond donors (Lipinski definition) is 2. The number of aromatic amines is 1. The van der Waals surface area contributed by atoms with Gasteiger partial charge in [0.2, 0.25) is 0 Å². The zero-order valence-electron chi connectivity index (χ0n) is 26.7. The van der Waals surface area contributed by atoms with Gasteiger partial charge in [-0.25, -0.2) is 9.67 Å². The first-order chi connectivity index (χ1) is 23.6. The minimum absolute atomic E-state index is 0.171. The summed E-state index contributed by atoms with van der Waals surface area (Å²) in [6.45, 7) is 4.69. The zero-order chi connectivity index (χ0) is 32.5. The largest absolute Gasteiger partial charge is 0.378 e. The second kappa shape index (κ2) is 12.5. The number of fused-ring (bicyclic) bond motifs is 2. The van der Waals surface area contributed by atoms with Crippen molar-refractivity contribution in [3.8, 4) is 0 Å². The highest BCUT2D eigenvalue weighted by Crippen LogP contribution is 2.44. The van der Waals surface area contributed by atoms with E-state index >= 15 is 0 Å². The number of ether oxygens (including phenoxy) is 1. The van der Waals surface area contributed by atoms with E-state index in [0.717, 1.165) is 57.6 Å². The van der Waals surface area contributed by atoms with E-state index in [4.69, 9.17) is 14.8 Å². The number of imidazole rings is 1. The van der Waals surface area contributed by atoms with Crippen molar-refractivity contribution in [2.75, 3.05) is 31.2 Å². The molecule has 2 aromatic heterocycles. The van der Waals surface area contributed by atoms with Crippen LogP contribution >= 0.6 is 0 Å². The molecular formula is C40H36N6O2. The van der Waals surface area contributed by atoms with Crippen LogP contribution in [0.4, 0.5) is 5.82 Å². The third kappa shape index (κ3) is 5.11. The molecule has 3 heterocycles. The van der Waals surface area contributed by atoms with Crippen molar-refractivity contribution in [1.29, 1.82) is 0 Å². The van der Waals surface area contributed by atoms with Crippen LogP contribution in [0, 0.1) is 0 Å². The fourth-order valence-electron chi connectivity index (χ4n) is 6.97. The third-order valence-corrected chi connectivity index (χ3v) is 9.33. The monoisotopic (exact) mass is 632 g/mol. The van der Waals surface area contributed by atoms with Gasteiger partial charge in [-0.2, -0.15) is 5.10 Å². The molecule has 1 unspecified atom stereocenters. The highest BCUT2D eigenvalue weighted by molar-refractivity contribution is 6.02. The van der Waals surface area contributed by atoms with E-state index in [-0.39, 0.29) is 17.8 Å². The molecule has 238 valence electrons. The minimum atomic E-state index is -0.814. The lowest BCUT2D eigenvalue weighted by molar-refractivity contribution is 0.0930. The molecule has 8 nitrogen and oxygen atoms in total. The zero-order valence-corrected chi connectivity index (χ0v) is 26.7. The van der Waals surface area contributed by atoms with Gasteiger partial charge >= 0.3 is 0 Å². The lowest BCUT2D eigenvalue weighted by Crippen LogP contribution is -2.40. The van der Waals surface area contributed by atoms with Crippen molar-refractivity contribution in [2.45, 2.75) is 18.5 Å². The molecule has 0 aliphatic carbocycles. The molecule has 8 rings (SSSR count). The molecule has 1 amide bonds. The SMILES string of the molecule is CC(NC(=O)c1nc2cc3c(N4CCOCC4)nn(C(c4ccccc4)(c4ccccc4)c4ccccc4)c3cc2[nH]1)c1ccccc1. The molecule has 0 saturated carbocycles. The van der Waals surface area contributed by atoms with Crippen LogP contribution in [0.5, 0.6) is 0 Å². The van der Waals surface area contributed by atoms with Gasteiger partial charge in [-0.1, -0.05) is 121 Å². The van der Waals surface area contributed by atoms with E-state index in [1.165, 1.54) is 0 Å². The molecule has 7 aromatic rings. The minimum Gasteiger partial charge on any atom is -0.378 e. The van der Waals surface area contributed by atoms with Gasteiger partial charge in [-0.3, -0.25) is 4.79 Å². The standard InChI is InChI=1S/C40H36N6O2/c1-28(29-14-6-2-7-15-29)41-39(47)37-42-34-26-33-36(27-35(34)43-37)46(44-38(33)45-22-24-48-25-23-45)40(30-16-8-3-9-17-30,31-18-10-4-11-19-31)32-20-12-5-13-21-32/h2-21,26-28H,22-25H2,1H3,(H,41,47)(H,42,43). The molecule has 1 atom stereocenters. The van der Waals surface area contributed by atoms with Gasteiger partial charge in [0.1, 0.15) is 5.54 Å². The molecule has 5 aromatic carbocycles. The van der Waals surface area contributed by atoms with E-state index < -0.39 is 5.54 Å². The Morgan fingerprint density at radius 1 is 0.792 bits per heavy atom. The average Bonchev–Trinajstić information content (AvgIpc) is 3.75. The summed E-state index contributed by atoms with van der Waals surface area (Å²) in [4.78, 5) is 23.9. The van der Waals surface area contributed by atoms with E-state index in [9.17, 15) is 4.79 Å². The fourth-order valence-corrected chi connectivity index (χ4v) is 6.97. The Kier molecular flexibility index (Phi) is 7.70. The number of H-pyrrole nitrogens is 1. The van der Waals surface area contributed by atoms with Crippen molar-refractivity contribution < 1.29 is 9.53 Å². The highest BCUT2D eigenvalue weighted by Gasteiger charge is 2.41. The molecule has 1 fully saturated rings. The number of nitrogens with zero attached hydrogens (tertiary/aromatic N) is 4. The molecule has 0 spiro atoms. The van der Waals surface area contributed by atoms with E-state index in [2.05, 4.69) is 105 Å². The maximum Gasteiger partial charge on any atom is 0.287 e. The number of rotatable bonds is 8. The number of benzene rings is 5. The molecule has 2 N–H and O–H groups in total. The number of amides is 1. The number of carbonyl (C=O) groups is 1. The maximum absolute atomic E-state index is 13.5. The van der Waals surface area contributed by atoms with Crippen LogP contribution in [0.15, 0.2) is 133 Å². The summed E-state index contributed by atoms with van der Waals surface area (Å²) in [5.74, 6) is 0.885. The van der Waals surface area contributed by atoms with E-state index in [1.54, 1.807) is 0 Å². The number of aromatic nitrogens is 4. The predicted octanol–water partition coefficient (Wildman–Crippen LogP) is 7.08. The average molecular weight is 633 g/mol. The lowest BCUT2D eigenvalue weighted by atomic mass is 9.77. The lowest BCUT2D eigenvalue weighted by Gasteiger charge is -2.37. The second-order valence-electron chi connectivity index (χ2n) is 12.2. The van der Waals surface area contributed by atoms with Crippen molar-refractivity contribution in [1.82, 2.24) is 25.1 Å². The predicted molar refractivity (Wildman–Crippen MR) is 189 cm³/mol. The van der Waals surface area contributed by atoms with Gasteiger partial charge in [0.25, 0.3) is 5.91 Å². The highest BCUT2D eigenvalue weighted by atomic mass is 16.5. The smallest absolute Gasteiger partial charge is 0.287 e. The Balaban J connectivity index is 1.36. The third-order valence-electron chi connectivity index (χ3n) is 9.33. The number of hydrogen-bond acceptors (Lipinski definition) is 5. The second-order valence-corrected chi connectivity index (χ2v) is 12.2.